The van der Waals surface area contributed by atoms with Gasteiger partial charge in [-0.1, -0.05) is 11.6 Å². The van der Waals surface area contributed by atoms with Crippen molar-refractivity contribution in [2.45, 2.75) is 19.4 Å². The van der Waals surface area contributed by atoms with Crippen molar-refractivity contribution in [1.29, 1.82) is 0 Å². The molecular formula is C16H24Cl2N2O2. The van der Waals surface area contributed by atoms with Crippen molar-refractivity contribution in [2.75, 3.05) is 33.0 Å². The van der Waals surface area contributed by atoms with Crippen molar-refractivity contribution in [3.63, 3.8) is 0 Å². The third-order valence-corrected chi connectivity index (χ3v) is 3.92. The fraction of sp³-hybridized carbons (Fsp3) is 0.500. The van der Waals surface area contributed by atoms with Gasteiger partial charge in [0.2, 0.25) is 6.79 Å². The summed E-state index contributed by atoms with van der Waals surface area (Å²) < 4.78 is 10.9. The number of ether oxygens (including phenoxy) is 2. The van der Waals surface area contributed by atoms with Crippen LogP contribution in [0.1, 0.15) is 24.9 Å². The highest BCUT2D eigenvalue weighted by Crippen LogP contribution is 2.37. The summed E-state index contributed by atoms with van der Waals surface area (Å²) in [5.74, 6) is 1.72. The Labute approximate surface area is 144 Å². The van der Waals surface area contributed by atoms with Crippen LogP contribution in [0.3, 0.4) is 0 Å². The van der Waals surface area contributed by atoms with Crippen LogP contribution in [0.25, 0.3) is 0 Å². The molecule has 1 atom stereocenters. The third kappa shape index (κ3) is 4.29. The van der Waals surface area contributed by atoms with Crippen LogP contribution < -0.4 is 14.8 Å². The highest BCUT2D eigenvalue weighted by molar-refractivity contribution is 5.85. The van der Waals surface area contributed by atoms with Crippen LogP contribution in [0.15, 0.2) is 30.4 Å². The van der Waals surface area contributed by atoms with Gasteiger partial charge in [-0.2, -0.15) is 0 Å². The summed E-state index contributed by atoms with van der Waals surface area (Å²) in [4.78, 5) is 2.53. The normalized spacial score (nSPS) is 18.0. The molecule has 6 heteroatoms. The van der Waals surface area contributed by atoms with E-state index in [1.165, 1.54) is 11.1 Å². The van der Waals surface area contributed by atoms with Gasteiger partial charge in [0.1, 0.15) is 0 Å². The smallest absolute Gasteiger partial charge is 0.231 e. The lowest BCUT2D eigenvalue weighted by atomic mass is 9.97. The molecule has 1 fully saturated rings. The maximum Gasteiger partial charge on any atom is 0.231 e. The van der Waals surface area contributed by atoms with E-state index >= 15 is 0 Å². The van der Waals surface area contributed by atoms with E-state index in [2.05, 4.69) is 35.9 Å². The van der Waals surface area contributed by atoms with E-state index in [1.54, 1.807) is 0 Å². The van der Waals surface area contributed by atoms with Crippen molar-refractivity contribution >= 4 is 24.8 Å². The van der Waals surface area contributed by atoms with Gasteiger partial charge in [-0.25, -0.2) is 0 Å². The van der Waals surface area contributed by atoms with Crippen molar-refractivity contribution in [3.8, 4) is 11.5 Å². The molecule has 3 rings (SSSR count). The number of rotatable bonds is 4. The van der Waals surface area contributed by atoms with Gasteiger partial charge >= 0.3 is 0 Å². The summed E-state index contributed by atoms with van der Waals surface area (Å²) in [6, 6.07) is 6.68. The second-order valence-corrected chi connectivity index (χ2v) is 5.58. The van der Waals surface area contributed by atoms with Crippen molar-refractivity contribution in [3.05, 3.63) is 35.9 Å². The van der Waals surface area contributed by atoms with E-state index in [0.29, 0.717) is 12.8 Å². The molecule has 4 nitrogen and oxygen atoms in total. The van der Waals surface area contributed by atoms with Crippen molar-refractivity contribution in [1.82, 2.24) is 10.2 Å². The molecule has 124 valence electrons. The van der Waals surface area contributed by atoms with E-state index < -0.39 is 0 Å². The number of nitrogens with one attached hydrogen (secondary N) is 1. The first kappa shape index (κ1) is 19.1. The van der Waals surface area contributed by atoms with Crippen molar-refractivity contribution < 1.29 is 9.47 Å². The fourth-order valence-corrected chi connectivity index (χ4v) is 2.90. The average Bonchev–Trinajstić information content (AvgIpc) is 2.93. The molecule has 0 bridgehead atoms. The highest BCUT2D eigenvalue weighted by Gasteiger charge is 2.24. The zero-order chi connectivity index (χ0) is 13.9. The van der Waals surface area contributed by atoms with E-state index in [4.69, 9.17) is 9.47 Å². The summed E-state index contributed by atoms with van der Waals surface area (Å²) >= 11 is 0. The van der Waals surface area contributed by atoms with Crippen molar-refractivity contribution in [2.24, 2.45) is 0 Å². The number of piperazine rings is 1. The van der Waals surface area contributed by atoms with Gasteiger partial charge in [0.15, 0.2) is 11.5 Å². The largest absolute Gasteiger partial charge is 0.454 e. The Morgan fingerprint density at radius 1 is 1.23 bits per heavy atom. The Hall–Kier alpha value is -0.940. The average molecular weight is 347 g/mol. The molecule has 1 aromatic carbocycles. The van der Waals surface area contributed by atoms with Gasteiger partial charge in [-0.3, -0.25) is 4.90 Å². The second kappa shape index (κ2) is 8.63. The van der Waals surface area contributed by atoms with Crippen LogP contribution in [0.2, 0.25) is 0 Å². The van der Waals surface area contributed by atoms with E-state index in [9.17, 15) is 0 Å². The topological polar surface area (TPSA) is 33.7 Å². The number of benzene rings is 1. The molecule has 2 heterocycles. The molecule has 0 amide bonds. The molecule has 0 spiro atoms. The number of hydrogen-bond donors (Lipinski definition) is 1. The molecule has 0 radical (unpaired) electrons. The van der Waals surface area contributed by atoms with Gasteiger partial charge < -0.3 is 14.8 Å². The van der Waals surface area contributed by atoms with Crippen LogP contribution in [0.5, 0.6) is 11.5 Å². The summed E-state index contributed by atoms with van der Waals surface area (Å²) in [6.07, 6.45) is 0.986. The molecule has 1 N–H and O–H groups in total. The summed E-state index contributed by atoms with van der Waals surface area (Å²) in [6.45, 7) is 10.8. The number of nitrogens with zero attached hydrogens (tertiary/aromatic N) is 1. The number of fused-ring (bicyclic) bond motifs is 1. The third-order valence-electron chi connectivity index (χ3n) is 3.92. The van der Waals surface area contributed by atoms with Crippen LogP contribution >= 0.6 is 24.8 Å². The SMILES string of the molecule is C=C(C)C[C@H](c1ccc2c(c1)OCO2)N1CCNCC1.Cl.Cl. The lowest BCUT2D eigenvalue weighted by Gasteiger charge is -2.35. The Kier molecular flexibility index (Phi) is 7.49. The molecule has 0 aromatic heterocycles. The van der Waals surface area contributed by atoms with Gasteiger partial charge in [0.05, 0.1) is 0 Å². The monoisotopic (exact) mass is 346 g/mol. The lowest BCUT2D eigenvalue weighted by molar-refractivity contribution is 0.170. The molecule has 1 saturated heterocycles. The minimum absolute atomic E-state index is 0. The molecular weight excluding hydrogens is 323 g/mol. The van der Waals surface area contributed by atoms with Crippen LogP contribution in [-0.4, -0.2) is 37.9 Å². The van der Waals surface area contributed by atoms with Gasteiger partial charge in [-0.15, -0.1) is 31.4 Å². The van der Waals surface area contributed by atoms with Gasteiger partial charge in [0.25, 0.3) is 0 Å². The van der Waals surface area contributed by atoms with E-state index in [-0.39, 0.29) is 24.8 Å². The minimum Gasteiger partial charge on any atom is -0.454 e. The summed E-state index contributed by atoms with van der Waals surface area (Å²) in [7, 11) is 0. The number of hydrogen-bond acceptors (Lipinski definition) is 4. The molecule has 22 heavy (non-hydrogen) atoms. The zero-order valence-corrected chi connectivity index (χ0v) is 14.5. The minimum atomic E-state index is 0. The highest BCUT2D eigenvalue weighted by atomic mass is 35.5. The van der Waals surface area contributed by atoms with Crippen LogP contribution in [-0.2, 0) is 0 Å². The van der Waals surface area contributed by atoms with E-state index in [0.717, 1.165) is 44.1 Å². The molecule has 2 aliphatic heterocycles. The first-order chi connectivity index (χ1) is 9.74. The fourth-order valence-electron chi connectivity index (χ4n) is 2.90. The second-order valence-electron chi connectivity index (χ2n) is 5.58. The van der Waals surface area contributed by atoms with Gasteiger partial charge in [0, 0.05) is 32.2 Å². The maximum atomic E-state index is 5.51. The molecule has 1 aromatic rings. The molecule has 0 unspecified atom stereocenters. The van der Waals surface area contributed by atoms with Crippen LogP contribution in [0.4, 0.5) is 0 Å². The Bertz CT molecular complexity index is 505. The first-order valence-corrected chi connectivity index (χ1v) is 7.23. The Balaban J connectivity index is 0.00000121. The zero-order valence-electron chi connectivity index (χ0n) is 12.8. The quantitative estimate of drug-likeness (QED) is 0.849. The van der Waals surface area contributed by atoms with Gasteiger partial charge in [-0.05, 0) is 31.0 Å². The Morgan fingerprint density at radius 3 is 2.59 bits per heavy atom. The predicted octanol–water partition coefficient (Wildman–Crippen LogP) is 3.17. The Morgan fingerprint density at radius 2 is 1.91 bits per heavy atom. The van der Waals surface area contributed by atoms with E-state index in [1.807, 2.05) is 6.07 Å². The summed E-state index contributed by atoms with van der Waals surface area (Å²) in [5, 5.41) is 3.41. The maximum absolute atomic E-state index is 5.51. The molecule has 0 saturated carbocycles. The first-order valence-electron chi connectivity index (χ1n) is 7.23. The molecule has 0 aliphatic carbocycles. The lowest BCUT2D eigenvalue weighted by Crippen LogP contribution is -2.45. The number of halogens is 2. The molecule has 2 aliphatic rings. The standard InChI is InChI=1S/C16H22N2O2.2ClH/c1-12(2)9-14(18-7-5-17-6-8-18)13-3-4-15-16(10-13)20-11-19-15;;/h3-4,10,14,17H,1,5-9,11H2,2H3;2*1H/t14-;;/m1../s1. The summed E-state index contributed by atoms with van der Waals surface area (Å²) in [5.41, 5.74) is 2.50. The predicted molar refractivity (Wildman–Crippen MR) is 93.7 cm³/mol. The van der Waals surface area contributed by atoms with Crippen LogP contribution in [0, 0.1) is 0 Å².